The average molecular weight is 364 g/mol. The number of hydrogen-bond acceptors (Lipinski definition) is 5. The first-order valence-electron chi connectivity index (χ1n) is 8.86. The summed E-state index contributed by atoms with van der Waals surface area (Å²) in [5.74, 6) is 1.27. The number of nitrogens with zero attached hydrogens (tertiary/aromatic N) is 6. The van der Waals surface area contributed by atoms with Gasteiger partial charge < -0.3 is 4.90 Å². The minimum atomic E-state index is -0.784. The number of rotatable bonds is 3. The van der Waals surface area contributed by atoms with E-state index >= 15 is 0 Å². The summed E-state index contributed by atoms with van der Waals surface area (Å²) in [6, 6.07) is 9.22. The van der Waals surface area contributed by atoms with E-state index in [9.17, 15) is 9.18 Å². The molecule has 0 bridgehead atoms. The number of halogens is 1. The van der Waals surface area contributed by atoms with Crippen LogP contribution in [0, 0.1) is 0 Å². The second-order valence-corrected chi connectivity index (χ2v) is 6.72. The maximum Gasteiger partial charge on any atom is 0.263 e. The molecule has 2 aliphatic heterocycles. The number of fused-ring (bicyclic) bond motifs is 1. The zero-order chi connectivity index (χ0) is 18.4. The molecule has 0 saturated carbocycles. The highest BCUT2D eigenvalue weighted by Crippen LogP contribution is 2.27. The van der Waals surface area contributed by atoms with Crippen molar-refractivity contribution in [3.63, 3.8) is 0 Å². The van der Waals surface area contributed by atoms with Crippen LogP contribution in [0.5, 0.6) is 0 Å². The van der Waals surface area contributed by atoms with Crippen molar-refractivity contribution in [1.29, 1.82) is 0 Å². The Kier molecular flexibility index (Phi) is 3.63. The second kappa shape index (κ2) is 6.15. The largest absolute Gasteiger partial charge is 0.354 e. The molecule has 0 spiro atoms. The number of aromatic nitrogens is 4. The molecule has 1 amide bonds. The second-order valence-electron chi connectivity index (χ2n) is 6.72. The van der Waals surface area contributed by atoms with Gasteiger partial charge in [0.15, 0.2) is 0 Å². The zero-order valence-corrected chi connectivity index (χ0v) is 14.5. The summed E-state index contributed by atoms with van der Waals surface area (Å²) in [6.45, 7) is 1.47. The van der Waals surface area contributed by atoms with Crippen LogP contribution < -0.4 is 9.80 Å². The standard InChI is InChI=1S/C19H17FN6O/c20-13-6-8-24(10-13)17-5-4-14(9-22-17)26-11-15-16(23-26)12-25(19(15)27)18-3-1-2-7-21-18/h1-5,7,9,11,13H,6,8,10,12H2/t13-/m1/s1. The van der Waals surface area contributed by atoms with Crippen LogP contribution >= 0.6 is 0 Å². The van der Waals surface area contributed by atoms with Gasteiger partial charge in [0.1, 0.15) is 17.8 Å². The van der Waals surface area contributed by atoms with Crippen molar-refractivity contribution in [2.24, 2.45) is 0 Å². The van der Waals surface area contributed by atoms with Crippen molar-refractivity contribution in [2.75, 3.05) is 22.9 Å². The van der Waals surface area contributed by atoms with E-state index in [1.54, 1.807) is 34.2 Å². The summed E-state index contributed by atoms with van der Waals surface area (Å²) in [7, 11) is 0. The molecule has 3 aromatic rings. The smallest absolute Gasteiger partial charge is 0.263 e. The maximum absolute atomic E-state index is 13.4. The highest BCUT2D eigenvalue weighted by molar-refractivity contribution is 6.09. The molecule has 1 saturated heterocycles. The summed E-state index contributed by atoms with van der Waals surface area (Å²) in [4.78, 5) is 24.9. The molecular formula is C19H17FN6O. The third-order valence-electron chi connectivity index (χ3n) is 4.95. The molecule has 5 rings (SSSR count). The fraction of sp³-hybridized carbons (Fsp3) is 0.263. The maximum atomic E-state index is 13.4. The van der Waals surface area contributed by atoms with Gasteiger partial charge >= 0.3 is 0 Å². The van der Waals surface area contributed by atoms with Crippen LogP contribution in [0.25, 0.3) is 5.69 Å². The molecule has 0 N–H and O–H groups in total. The van der Waals surface area contributed by atoms with Gasteiger partial charge in [-0.05, 0) is 30.7 Å². The van der Waals surface area contributed by atoms with E-state index in [1.807, 2.05) is 29.2 Å². The van der Waals surface area contributed by atoms with Crippen LogP contribution in [-0.2, 0) is 6.54 Å². The molecule has 3 aromatic heterocycles. The van der Waals surface area contributed by atoms with Crippen molar-refractivity contribution in [2.45, 2.75) is 19.1 Å². The average Bonchev–Trinajstić information content (AvgIpc) is 3.39. The molecule has 0 aromatic carbocycles. The Morgan fingerprint density at radius 3 is 2.70 bits per heavy atom. The molecule has 136 valence electrons. The van der Waals surface area contributed by atoms with E-state index in [0.717, 1.165) is 17.2 Å². The van der Waals surface area contributed by atoms with Crippen molar-refractivity contribution >= 4 is 17.5 Å². The van der Waals surface area contributed by atoms with Gasteiger partial charge in [-0.1, -0.05) is 6.07 Å². The fourth-order valence-electron chi connectivity index (χ4n) is 3.53. The molecule has 27 heavy (non-hydrogen) atoms. The molecule has 0 unspecified atom stereocenters. The molecule has 1 atom stereocenters. The van der Waals surface area contributed by atoms with E-state index in [2.05, 4.69) is 15.1 Å². The number of alkyl halides is 1. The lowest BCUT2D eigenvalue weighted by Crippen LogP contribution is -2.24. The third-order valence-corrected chi connectivity index (χ3v) is 4.95. The van der Waals surface area contributed by atoms with Crippen molar-refractivity contribution in [1.82, 2.24) is 19.7 Å². The normalized spacial score (nSPS) is 19.0. The lowest BCUT2D eigenvalue weighted by Gasteiger charge is -2.16. The molecular weight excluding hydrogens is 347 g/mol. The first-order chi connectivity index (χ1) is 13.2. The Labute approximate surface area is 155 Å². The lowest BCUT2D eigenvalue weighted by atomic mass is 10.3. The van der Waals surface area contributed by atoms with Gasteiger partial charge in [-0.25, -0.2) is 19.0 Å². The van der Waals surface area contributed by atoms with Gasteiger partial charge in [0, 0.05) is 18.9 Å². The van der Waals surface area contributed by atoms with Crippen molar-refractivity contribution in [3.05, 3.63) is 60.2 Å². The number of anilines is 2. The predicted molar refractivity (Wildman–Crippen MR) is 97.8 cm³/mol. The monoisotopic (exact) mass is 364 g/mol. The topological polar surface area (TPSA) is 67.2 Å². The van der Waals surface area contributed by atoms with Gasteiger partial charge in [-0.3, -0.25) is 9.69 Å². The molecule has 2 aliphatic rings. The van der Waals surface area contributed by atoms with Crippen LogP contribution in [0.15, 0.2) is 48.9 Å². The Morgan fingerprint density at radius 2 is 2.04 bits per heavy atom. The zero-order valence-electron chi connectivity index (χ0n) is 14.5. The number of amides is 1. The summed E-state index contributed by atoms with van der Waals surface area (Å²) in [5, 5.41) is 4.54. The minimum Gasteiger partial charge on any atom is -0.354 e. The fourth-order valence-corrected chi connectivity index (χ4v) is 3.53. The number of carbonyl (C=O) groups is 1. The van der Waals surface area contributed by atoms with Gasteiger partial charge in [-0.15, -0.1) is 0 Å². The number of pyridine rings is 2. The highest BCUT2D eigenvalue weighted by atomic mass is 19.1. The molecule has 5 heterocycles. The summed E-state index contributed by atoms with van der Waals surface area (Å²) < 4.78 is 15.0. The molecule has 1 fully saturated rings. The van der Waals surface area contributed by atoms with Gasteiger partial charge in [0.2, 0.25) is 0 Å². The van der Waals surface area contributed by atoms with Gasteiger partial charge in [0.05, 0.1) is 36.2 Å². The van der Waals surface area contributed by atoms with Gasteiger partial charge in [-0.2, -0.15) is 5.10 Å². The number of carbonyl (C=O) groups excluding carboxylic acids is 1. The summed E-state index contributed by atoms with van der Waals surface area (Å²) >= 11 is 0. The molecule has 8 heteroatoms. The third kappa shape index (κ3) is 2.73. The summed E-state index contributed by atoms with van der Waals surface area (Å²) in [5.41, 5.74) is 2.06. The van der Waals surface area contributed by atoms with Crippen molar-refractivity contribution < 1.29 is 9.18 Å². The Morgan fingerprint density at radius 1 is 1.11 bits per heavy atom. The Hall–Kier alpha value is -3.29. The highest BCUT2D eigenvalue weighted by Gasteiger charge is 2.32. The van der Waals surface area contributed by atoms with E-state index in [1.165, 1.54) is 0 Å². The number of hydrogen-bond donors (Lipinski definition) is 0. The van der Waals surface area contributed by atoms with Crippen molar-refractivity contribution in [3.8, 4) is 5.69 Å². The van der Waals surface area contributed by atoms with Gasteiger partial charge in [0.25, 0.3) is 5.91 Å². The molecule has 0 aliphatic carbocycles. The van der Waals surface area contributed by atoms with Crippen LogP contribution in [-0.4, -0.2) is 44.9 Å². The first kappa shape index (κ1) is 15.9. The molecule has 0 radical (unpaired) electrons. The summed E-state index contributed by atoms with van der Waals surface area (Å²) in [6.07, 6.45) is 4.85. The quantitative estimate of drug-likeness (QED) is 0.714. The van der Waals surface area contributed by atoms with Crippen LogP contribution in [0.4, 0.5) is 16.0 Å². The van der Waals surface area contributed by atoms with Crippen LogP contribution in [0.1, 0.15) is 22.5 Å². The van der Waals surface area contributed by atoms with Crippen LogP contribution in [0.2, 0.25) is 0 Å². The van der Waals surface area contributed by atoms with E-state index < -0.39 is 6.17 Å². The predicted octanol–water partition coefficient (Wildman–Crippen LogP) is 2.37. The van der Waals surface area contributed by atoms with E-state index in [-0.39, 0.29) is 5.91 Å². The Bertz CT molecular complexity index is 987. The lowest BCUT2D eigenvalue weighted by molar-refractivity contribution is 0.0995. The van der Waals surface area contributed by atoms with Crippen LogP contribution in [0.3, 0.4) is 0 Å². The SMILES string of the molecule is O=C1c2cn(-c3ccc(N4CC[C@@H](F)C4)nc3)nc2CN1c1ccccn1. The molecule has 7 nitrogen and oxygen atoms in total. The van der Waals surface area contributed by atoms with E-state index in [0.29, 0.717) is 37.4 Å². The first-order valence-corrected chi connectivity index (χ1v) is 8.86. The Balaban J connectivity index is 1.37. The van der Waals surface area contributed by atoms with E-state index in [4.69, 9.17) is 0 Å². The minimum absolute atomic E-state index is 0.106.